The first-order valence-electron chi connectivity index (χ1n) is 7.14. The molecule has 0 spiro atoms. The van der Waals surface area contributed by atoms with Crippen molar-refractivity contribution in [3.63, 3.8) is 0 Å². The number of nitrogens with zero attached hydrogens (tertiary/aromatic N) is 2. The number of hydrogen-bond acceptors (Lipinski definition) is 8. The number of fused-ring (bicyclic) bond motifs is 1. The Morgan fingerprint density at radius 2 is 2.21 bits per heavy atom. The molecule has 3 aromatic rings. The number of ether oxygens (including phenoxy) is 1. The van der Waals surface area contributed by atoms with E-state index < -0.39 is 12.0 Å². The molecule has 8 nitrogen and oxygen atoms in total. The number of thiophene rings is 1. The van der Waals surface area contributed by atoms with Gasteiger partial charge in [0, 0.05) is 0 Å². The van der Waals surface area contributed by atoms with E-state index >= 15 is 0 Å². The zero-order valence-electron chi connectivity index (χ0n) is 13.1. The van der Waals surface area contributed by atoms with Crippen molar-refractivity contribution in [2.24, 2.45) is 5.73 Å². The maximum Gasteiger partial charge on any atom is 0.318 e. The number of carbonyl (C=O) groups excluding carboxylic acids is 1. The van der Waals surface area contributed by atoms with Gasteiger partial charge < -0.3 is 25.7 Å². The van der Waals surface area contributed by atoms with Crippen LogP contribution < -0.4 is 16.2 Å². The summed E-state index contributed by atoms with van der Waals surface area (Å²) in [5.41, 5.74) is 12.1. The highest BCUT2D eigenvalue weighted by atomic mass is 32.1. The third kappa shape index (κ3) is 2.79. The average molecular weight is 348 g/mol. The number of nitrogen functional groups attached to an aromatic ring is 1. The third-order valence-corrected chi connectivity index (χ3v) is 4.44. The van der Waals surface area contributed by atoms with E-state index in [4.69, 9.17) is 25.7 Å². The van der Waals surface area contributed by atoms with Crippen molar-refractivity contribution in [1.29, 1.82) is 0 Å². The van der Waals surface area contributed by atoms with Gasteiger partial charge in [0.1, 0.15) is 27.3 Å². The van der Waals surface area contributed by atoms with Crippen LogP contribution in [0.25, 0.3) is 21.7 Å². The van der Waals surface area contributed by atoms with E-state index in [0.717, 1.165) is 11.3 Å². The van der Waals surface area contributed by atoms with Gasteiger partial charge in [0.2, 0.25) is 0 Å². The maximum absolute atomic E-state index is 11.6. The second kappa shape index (κ2) is 6.10. The summed E-state index contributed by atoms with van der Waals surface area (Å²) in [5.74, 6) is 0.539. The summed E-state index contributed by atoms with van der Waals surface area (Å²) in [6.45, 7) is 3.30. The molecule has 3 aromatic heterocycles. The summed E-state index contributed by atoms with van der Waals surface area (Å²) in [5, 5.41) is 9.64. The molecule has 0 saturated heterocycles. The van der Waals surface area contributed by atoms with Gasteiger partial charge in [0.25, 0.3) is 5.91 Å². The van der Waals surface area contributed by atoms with Crippen molar-refractivity contribution < 1.29 is 19.1 Å². The molecule has 0 aliphatic heterocycles. The summed E-state index contributed by atoms with van der Waals surface area (Å²) in [6, 6.07) is 3.60. The lowest BCUT2D eigenvalue weighted by Crippen LogP contribution is -2.17. The van der Waals surface area contributed by atoms with Crippen molar-refractivity contribution in [1.82, 2.24) is 9.97 Å². The average Bonchev–Trinajstić information content (AvgIpc) is 3.10. The van der Waals surface area contributed by atoms with E-state index in [1.54, 1.807) is 26.0 Å². The minimum absolute atomic E-state index is 0.0605. The standard InChI is InChI=1S/C15H16N4O4S/c1-6-3-4-8(22-6)11-9-10(16)12(13(17)21)24-14(9)19-15(18-11)23-7(2)5-20/h3-4,7,20H,5,16H2,1-2H3,(H2,17,21)/t7-/m0/s1. The van der Waals surface area contributed by atoms with Gasteiger partial charge in [-0.2, -0.15) is 9.97 Å². The molecule has 0 radical (unpaired) electrons. The molecular formula is C15H16N4O4S. The van der Waals surface area contributed by atoms with Crippen LogP contribution in [-0.4, -0.2) is 33.7 Å². The molecule has 0 unspecified atom stereocenters. The molecule has 3 heterocycles. The lowest BCUT2D eigenvalue weighted by atomic mass is 10.2. The van der Waals surface area contributed by atoms with Crippen LogP contribution in [0.1, 0.15) is 22.4 Å². The van der Waals surface area contributed by atoms with Crippen LogP contribution in [0.3, 0.4) is 0 Å². The zero-order valence-corrected chi connectivity index (χ0v) is 13.9. The normalized spacial score (nSPS) is 12.5. The van der Waals surface area contributed by atoms with Crippen molar-refractivity contribution >= 4 is 33.1 Å². The van der Waals surface area contributed by atoms with Crippen LogP contribution in [-0.2, 0) is 0 Å². The molecule has 0 aromatic carbocycles. The third-order valence-electron chi connectivity index (χ3n) is 3.33. The monoisotopic (exact) mass is 348 g/mol. The molecule has 0 aliphatic rings. The molecule has 0 aliphatic carbocycles. The molecule has 24 heavy (non-hydrogen) atoms. The Labute approximate surface area is 141 Å². The lowest BCUT2D eigenvalue weighted by Gasteiger charge is -2.11. The zero-order chi connectivity index (χ0) is 17.4. The first-order valence-corrected chi connectivity index (χ1v) is 7.96. The Bertz CT molecular complexity index is 918. The van der Waals surface area contributed by atoms with Gasteiger partial charge in [-0.1, -0.05) is 0 Å². The molecular weight excluding hydrogens is 332 g/mol. The Hall–Kier alpha value is -2.65. The van der Waals surface area contributed by atoms with Crippen LogP contribution >= 0.6 is 11.3 Å². The Morgan fingerprint density at radius 1 is 1.46 bits per heavy atom. The summed E-state index contributed by atoms with van der Waals surface area (Å²) in [4.78, 5) is 20.8. The van der Waals surface area contributed by atoms with Crippen molar-refractivity contribution in [2.45, 2.75) is 20.0 Å². The number of rotatable bonds is 5. The lowest BCUT2D eigenvalue weighted by molar-refractivity contribution is 0.100. The predicted molar refractivity (Wildman–Crippen MR) is 90.0 cm³/mol. The van der Waals surface area contributed by atoms with E-state index in [0.29, 0.717) is 27.4 Å². The van der Waals surface area contributed by atoms with Gasteiger partial charge in [-0.15, -0.1) is 11.3 Å². The molecule has 5 N–H and O–H groups in total. The number of aliphatic hydroxyl groups is 1. The van der Waals surface area contributed by atoms with Crippen LogP contribution in [0.15, 0.2) is 16.5 Å². The fraction of sp³-hybridized carbons (Fsp3) is 0.267. The number of amides is 1. The molecule has 0 bridgehead atoms. The van der Waals surface area contributed by atoms with Crippen LogP contribution in [0.4, 0.5) is 5.69 Å². The Balaban J connectivity index is 2.26. The number of hydrogen-bond donors (Lipinski definition) is 3. The molecule has 0 fully saturated rings. The summed E-state index contributed by atoms with van der Waals surface area (Å²) in [7, 11) is 0. The molecule has 9 heteroatoms. The van der Waals surface area contributed by atoms with Gasteiger partial charge in [-0.3, -0.25) is 4.79 Å². The summed E-state index contributed by atoms with van der Waals surface area (Å²) in [6.07, 6.45) is -0.485. The smallest absolute Gasteiger partial charge is 0.318 e. The van der Waals surface area contributed by atoms with E-state index in [2.05, 4.69) is 9.97 Å². The molecule has 3 rings (SSSR count). The van der Waals surface area contributed by atoms with Gasteiger partial charge >= 0.3 is 6.01 Å². The minimum atomic E-state index is -0.636. The predicted octanol–water partition coefficient (Wildman–Crippen LogP) is 1.70. The first-order chi connectivity index (χ1) is 11.4. The number of nitrogens with two attached hydrogens (primary N) is 2. The van der Waals surface area contributed by atoms with Crippen molar-refractivity contribution in [2.75, 3.05) is 12.3 Å². The highest BCUT2D eigenvalue weighted by Crippen LogP contribution is 2.39. The highest BCUT2D eigenvalue weighted by Gasteiger charge is 2.23. The quantitative estimate of drug-likeness (QED) is 0.638. The molecule has 1 amide bonds. The number of aryl methyl sites for hydroxylation is 1. The van der Waals surface area contributed by atoms with Crippen molar-refractivity contribution in [3.8, 4) is 17.5 Å². The largest absolute Gasteiger partial charge is 0.460 e. The Kier molecular flexibility index (Phi) is 4.12. The number of furan rings is 1. The minimum Gasteiger partial charge on any atom is -0.460 e. The van der Waals surface area contributed by atoms with Crippen LogP contribution in [0.2, 0.25) is 0 Å². The van der Waals surface area contributed by atoms with E-state index in [1.165, 1.54) is 0 Å². The molecule has 0 saturated carbocycles. The topological polar surface area (TPSA) is 137 Å². The second-order valence-electron chi connectivity index (χ2n) is 5.27. The van der Waals surface area contributed by atoms with Gasteiger partial charge in [-0.25, -0.2) is 0 Å². The van der Waals surface area contributed by atoms with E-state index in [-0.39, 0.29) is 23.2 Å². The van der Waals surface area contributed by atoms with Gasteiger partial charge in [-0.05, 0) is 26.0 Å². The fourth-order valence-electron chi connectivity index (χ4n) is 2.20. The highest BCUT2D eigenvalue weighted by molar-refractivity contribution is 7.21. The second-order valence-corrected chi connectivity index (χ2v) is 6.26. The first kappa shape index (κ1) is 16.2. The number of aliphatic hydroxyl groups excluding tert-OH is 1. The molecule has 1 atom stereocenters. The number of aromatic nitrogens is 2. The maximum atomic E-state index is 11.6. The van der Waals surface area contributed by atoms with Gasteiger partial charge in [0.05, 0.1) is 17.7 Å². The van der Waals surface area contributed by atoms with Crippen molar-refractivity contribution in [3.05, 3.63) is 22.8 Å². The number of anilines is 1. The number of carbonyl (C=O) groups is 1. The fourth-order valence-corrected chi connectivity index (χ4v) is 3.13. The van der Waals surface area contributed by atoms with E-state index in [9.17, 15) is 4.79 Å². The summed E-state index contributed by atoms with van der Waals surface area (Å²) >= 11 is 1.06. The van der Waals surface area contributed by atoms with Gasteiger partial charge in [0.15, 0.2) is 5.76 Å². The summed E-state index contributed by atoms with van der Waals surface area (Å²) < 4.78 is 11.1. The Morgan fingerprint density at radius 3 is 2.79 bits per heavy atom. The SMILES string of the molecule is Cc1ccc(-c2nc(O[C@@H](C)CO)nc3sc(C(N)=O)c(N)c23)o1. The van der Waals surface area contributed by atoms with Crippen LogP contribution in [0.5, 0.6) is 6.01 Å². The molecule has 126 valence electrons. The van der Waals surface area contributed by atoms with E-state index in [1.807, 2.05) is 0 Å². The number of primary amides is 1. The van der Waals surface area contributed by atoms with Crippen LogP contribution in [0, 0.1) is 6.92 Å².